The normalized spacial score (nSPS) is 12.2. The number of rotatable bonds is 6. The highest BCUT2D eigenvalue weighted by atomic mass is 16.2. The smallest absolute Gasteiger partial charge is 0.0958 e. The monoisotopic (exact) mass is 223 g/mol. The van der Waals surface area contributed by atoms with Crippen molar-refractivity contribution in [3.63, 3.8) is 0 Å². The maximum Gasteiger partial charge on any atom is 0.0958 e. The van der Waals surface area contributed by atoms with E-state index in [-0.39, 0.29) is 12.1 Å². The average Bonchev–Trinajstić information content (AvgIpc) is 2.73. The van der Waals surface area contributed by atoms with Crippen LogP contribution in [0.15, 0.2) is 18.7 Å². The number of aliphatic hydroxyl groups excluding tert-OH is 1. The molecule has 1 heterocycles. The van der Waals surface area contributed by atoms with Gasteiger partial charge in [-0.2, -0.15) is 0 Å². The van der Waals surface area contributed by atoms with E-state index in [1.165, 1.54) is 0 Å². The zero-order chi connectivity index (χ0) is 12.0. The van der Waals surface area contributed by atoms with Gasteiger partial charge in [0, 0.05) is 25.4 Å². The Bertz CT molecular complexity index is 342. The number of aliphatic hydroxyl groups is 1. The summed E-state index contributed by atoms with van der Waals surface area (Å²) in [4.78, 5) is 4.30. The summed E-state index contributed by atoms with van der Waals surface area (Å²) in [6.45, 7) is 4.54. The van der Waals surface area contributed by atoms with E-state index in [0.29, 0.717) is 0 Å². The van der Waals surface area contributed by atoms with E-state index in [2.05, 4.69) is 28.7 Å². The standard InChI is InChI=1S/C12H21N3O/c1-12(2,6-4-8-16)15-9-11(14-10-15)5-7-13-3/h5,7,9-10,13,16H,4,6,8H2,1-3H3/b7-5+. The topological polar surface area (TPSA) is 50.1 Å². The molecule has 0 saturated carbocycles. The van der Waals surface area contributed by atoms with Gasteiger partial charge in [0.1, 0.15) is 0 Å². The lowest BCUT2D eigenvalue weighted by molar-refractivity contribution is 0.241. The molecule has 1 rings (SSSR count). The van der Waals surface area contributed by atoms with Crippen molar-refractivity contribution in [2.45, 2.75) is 32.2 Å². The van der Waals surface area contributed by atoms with Crippen LogP contribution in [0.1, 0.15) is 32.4 Å². The summed E-state index contributed by atoms with van der Waals surface area (Å²) < 4.78 is 2.10. The molecule has 0 aliphatic rings. The van der Waals surface area contributed by atoms with Gasteiger partial charge in [-0.25, -0.2) is 4.98 Å². The molecule has 0 fully saturated rings. The van der Waals surface area contributed by atoms with Crippen molar-refractivity contribution in [2.75, 3.05) is 13.7 Å². The third-order valence-electron chi connectivity index (χ3n) is 2.67. The number of imidazole rings is 1. The third kappa shape index (κ3) is 3.38. The quantitative estimate of drug-likeness (QED) is 0.770. The molecule has 0 amide bonds. The lowest BCUT2D eigenvalue weighted by Gasteiger charge is -2.26. The number of nitrogens with zero attached hydrogens (tertiary/aromatic N) is 2. The first-order valence-electron chi connectivity index (χ1n) is 5.59. The van der Waals surface area contributed by atoms with Crippen LogP contribution in [0.4, 0.5) is 0 Å². The van der Waals surface area contributed by atoms with Crippen molar-refractivity contribution < 1.29 is 5.11 Å². The fourth-order valence-corrected chi connectivity index (χ4v) is 1.56. The third-order valence-corrected chi connectivity index (χ3v) is 2.67. The van der Waals surface area contributed by atoms with Gasteiger partial charge in [-0.15, -0.1) is 0 Å². The summed E-state index contributed by atoms with van der Waals surface area (Å²) >= 11 is 0. The average molecular weight is 223 g/mol. The minimum atomic E-state index is 0.00145. The van der Waals surface area contributed by atoms with Crippen molar-refractivity contribution in [1.82, 2.24) is 14.9 Å². The van der Waals surface area contributed by atoms with Crippen LogP contribution in [-0.2, 0) is 5.54 Å². The van der Waals surface area contributed by atoms with Gasteiger partial charge in [-0.3, -0.25) is 0 Å². The Balaban J connectivity index is 2.72. The molecule has 0 unspecified atom stereocenters. The molecular formula is C12H21N3O. The summed E-state index contributed by atoms with van der Waals surface area (Å²) in [7, 11) is 1.86. The number of hydrogen-bond donors (Lipinski definition) is 2. The van der Waals surface area contributed by atoms with Gasteiger partial charge in [-0.1, -0.05) is 0 Å². The van der Waals surface area contributed by atoms with E-state index in [4.69, 9.17) is 5.11 Å². The van der Waals surface area contributed by atoms with E-state index in [1.54, 1.807) is 0 Å². The summed E-state index contributed by atoms with van der Waals surface area (Å²) in [5.74, 6) is 0. The van der Waals surface area contributed by atoms with Gasteiger partial charge >= 0.3 is 0 Å². The molecule has 1 aromatic heterocycles. The van der Waals surface area contributed by atoms with Crippen molar-refractivity contribution >= 4 is 6.08 Å². The molecular weight excluding hydrogens is 202 g/mol. The molecule has 0 aliphatic heterocycles. The second kappa shape index (κ2) is 5.70. The molecule has 0 radical (unpaired) electrons. The molecule has 0 aliphatic carbocycles. The zero-order valence-corrected chi connectivity index (χ0v) is 10.3. The maximum absolute atomic E-state index is 8.85. The predicted octanol–water partition coefficient (Wildman–Crippen LogP) is 1.58. The molecule has 16 heavy (non-hydrogen) atoms. The maximum atomic E-state index is 8.85. The Labute approximate surface area is 97.0 Å². The highest BCUT2D eigenvalue weighted by Crippen LogP contribution is 2.21. The zero-order valence-electron chi connectivity index (χ0n) is 10.3. The highest BCUT2D eigenvalue weighted by molar-refractivity contribution is 5.42. The lowest BCUT2D eigenvalue weighted by atomic mass is 9.98. The van der Waals surface area contributed by atoms with Crippen LogP contribution in [0, 0.1) is 0 Å². The Kier molecular flexibility index (Phi) is 4.55. The van der Waals surface area contributed by atoms with Crippen LogP contribution in [0.3, 0.4) is 0 Å². The fourth-order valence-electron chi connectivity index (χ4n) is 1.56. The summed E-state index contributed by atoms with van der Waals surface area (Å²) in [5.41, 5.74) is 0.938. The van der Waals surface area contributed by atoms with Gasteiger partial charge in [-0.05, 0) is 39.0 Å². The fraction of sp³-hybridized carbons (Fsp3) is 0.583. The van der Waals surface area contributed by atoms with E-state index in [0.717, 1.165) is 18.5 Å². The molecule has 0 saturated heterocycles. The molecule has 0 atom stereocenters. The largest absolute Gasteiger partial charge is 0.396 e. The van der Waals surface area contributed by atoms with E-state index < -0.39 is 0 Å². The lowest BCUT2D eigenvalue weighted by Crippen LogP contribution is -2.25. The van der Waals surface area contributed by atoms with Crippen molar-refractivity contribution in [3.8, 4) is 0 Å². The number of aromatic nitrogens is 2. The van der Waals surface area contributed by atoms with Crippen molar-refractivity contribution in [3.05, 3.63) is 24.4 Å². The molecule has 0 aromatic carbocycles. The first-order valence-corrected chi connectivity index (χ1v) is 5.59. The Morgan fingerprint density at radius 3 is 2.94 bits per heavy atom. The van der Waals surface area contributed by atoms with Crippen LogP contribution in [0.5, 0.6) is 0 Å². The molecule has 2 N–H and O–H groups in total. The van der Waals surface area contributed by atoms with E-state index in [1.807, 2.05) is 31.8 Å². The molecule has 90 valence electrons. The van der Waals surface area contributed by atoms with Crippen LogP contribution in [0.2, 0.25) is 0 Å². The molecule has 4 nitrogen and oxygen atoms in total. The van der Waals surface area contributed by atoms with Crippen molar-refractivity contribution in [2.24, 2.45) is 0 Å². The summed E-state index contributed by atoms with van der Waals surface area (Å²) in [6.07, 6.45) is 9.39. The second-order valence-electron chi connectivity index (χ2n) is 4.47. The Morgan fingerprint density at radius 2 is 2.31 bits per heavy atom. The van der Waals surface area contributed by atoms with Gasteiger partial charge < -0.3 is 15.0 Å². The van der Waals surface area contributed by atoms with Crippen molar-refractivity contribution in [1.29, 1.82) is 0 Å². The minimum absolute atomic E-state index is 0.00145. The Hall–Kier alpha value is -1.29. The van der Waals surface area contributed by atoms with E-state index in [9.17, 15) is 0 Å². The molecule has 0 bridgehead atoms. The van der Waals surface area contributed by atoms with Gasteiger partial charge in [0.2, 0.25) is 0 Å². The minimum Gasteiger partial charge on any atom is -0.396 e. The first kappa shape index (κ1) is 12.8. The van der Waals surface area contributed by atoms with Crippen LogP contribution < -0.4 is 5.32 Å². The van der Waals surface area contributed by atoms with Crippen LogP contribution in [0.25, 0.3) is 6.08 Å². The molecule has 1 aromatic rings. The predicted molar refractivity (Wildman–Crippen MR) is 66.0 cm³/mol. The van der Waals surface area contributed by atoms with Gasteiger partial charge in [0.05, 0.1) is 12.0 Å². The highest BCUT2D eigenvalue weighted by Gasteiger charge is 2.19. The number of hydrogen-bond acceptors (Lipinski definition) is 3. The SMILES string of the molecule is CN/C=C/c1cn(C(C)(C)CCCO)cn1. The van der Waals surface area contributed by atoms with E-state index >= 15 is 0 Å². The first-order chi connectivity index (χ1) is 7.60. The molecule has 4 heteroatoms. The van der Waals surface area contributed by atoms with Crippen LogP contribution >= 0.6 is 0 Å². The second-order valence-corrected chi connectivity index (χ2v) is 4.47. The summed E-state index contributed by atoms with van der Waals surface area (Å²) in [5, 5.41) is 11.8. The van der Waals surface area contributed by atoms with Gasteiger partial charge in [0.15, 0.2) is 0 Å². The van der Waals surface area contributed by atoms with Crippen LogP contribution in [-0.4, -0.2) is 28.3 Å². The number of nitrogens with one attached hydrogen (secondary N) is 1. The van der Waals surface area contributed by atoms with Gasteiger partial charge in [0.25, 0.3) is 0 Å². The summed E-state index contributed by atoms with van der Waals surface area (Å²) in [6, 6.07) is 0. The molecule has 0 spiro atoms. The Morgan fingerprint density at radius 1 is 1.56 bits per heavy atom.